The highest BCUT2D eigenvalue weighted by Gasteiger charge is 2.24. The molecule has 0 aliphatic rings. The molecule has 0 spiro atoms. The van der Waals surface area contributed by atoms with Crippen molar-refractivity contribution in [2.24, 2.45) is 0 Å². The summed E-state index contributed by atoms with van der Waals surface area (Å²) in [4.78, 5) is 0. The normalized spacial score (nSPS) is 20.0. The Kier molecular flexibility index (Phi) is 4.18. The number of aliphatic hydroxyl groups is 1. The van der Waals surface area contributed by atoms with Gasteiger partial charge in [-0.1, -0.05) is 6.92 Å². The van der Waals surface area contributed by atoms with E-state index in [1.807, 2.05) is 0 Å². The van der Waals surface area contributed by atoms with Gasteiger partial charge in [0.2, 0.25) is 7.37 Å². The Bertz CT molecular complexity index is 135. The third kappa shape index (κ3) is 2.82. The minimum atomic E-state index is -2.73. The summed E-state index contributed by atoms with van der Waals surface area (Å²) < 4.78 is 16.2. The van der Waals surface area contributed by atoms with Crippen LogP contribution in [0, 0.1) is 0 Å². The fourth-order valence-electron chi connectivity index (χ4n) is 0.674. The summed E-state index contributed by atoms with van der Waals surface area (Å²) in [6.07, 6.45) is 0.480. The second-order valence-electron chi connectivity index (χ2n) is 2.22. The van der Waals surface area contributed by atoms with Gasteiger partial charge in [-0.15, -0.1) is 0 Å². The molecule has 62 valence electrons. The van der Waals surface area contributed by atoms with Crippen LogP contribution in [0.15, 0.2) is 0 Å². The maximum Gasteiger partial charge on any atom is 0.227 e. The van der Waals surface area contributed by atoms with Crippen LogP contribution in [-0.2, 0) is 9.09 Å². The molecule has 0 aromatic heterocycles. The van der Waals surface area contributed by atoms with E-state index in [2.05, 4.69) is 0 Å². The molecule has 0 amide bonds. The van der Waals surface area contributed by atoms with Gasteiger partial charge < -0.3 is 9.63 Å². The molecule has 4 heteroatoms. The van der Waals surface area contributed by atoms with Gasteiger partial charge in [0, 0.05) is 6.66 Å². The summed E-state index contributed by atoms with van der Waals surface area (Å²) in [5.74, 6) is -0.799. The first-order chi connectivity index (χ1) is 4.54. The molecule has 0 aromatic carbocycles. The van der Waals surface area contributed by atoms with E-state index in [0.29, 0.717) is 13.0 Å². The van der Waals surface area contributed by atoms with Crippen molar-refractivity contribution < 1.29 is 14.2 Å². The number of hydrogen-bond donors (Lipinski definition) is 1. The average molecular weight is 166 g/mol. The first-order valence-electron chi connectivity index (χ1n) is 3.44. The van der Waals surface area contributed by atoms with E-state index in [1.165, 1.54) is 6.66 Å². The van der Waals surface area contributed by atoms with Crippen LogP contribution in [0.5, 0.6) is 0 Å². The summed E-state index contributed by atoms with van der Waals surface area (Å²) in [6.45, 7) is 5.40. The lowest BCUT2D eigenvalue weighted by Gasteiger charge is -2.17. The van der Waals surface area contributed by atoms with Crippen molar-refractivity contribution in [3.8, 4) is 0 Å². The monoisotopic (exact) mass is 166 g/mol. The van der Waals surface area contributed by atoms with E-state index in [-0.39, 0.29) is 0 Å². The molecule has 0 fully saturated rings. The quantitative estimate of drug-likeness (QED) is 0.646. The molecule has 0 saturated carbocycles. The SMILES string of the molecule is CCOP(C)(=O)C(O)CC. The third-order valence-electron chi connectivity index (χ3n) is 1.29. The third-order valence-corrected chi connectivity index (χ3v) is 3.51. The van der Waals surface area contributed by atoms with Gasteiger partial charge >= 0.3 is 0 Å². The Morgan fingerprint density at radius 2 is 2.10 bits per heavy atom. The average Bonchev–Trinajstić information content (AvgIpc) is 1.86. The molecule has 0 radical (unpaired) electrons. The van der Waals surface area contributed by atoms with Gasteiger partial charge in [-0.2, -0.15) is 0 Å². The van der Waals surface area contributed by atoms with Gasteiger partial charge in [-0.3, -0.25) is 4.57 Å². The largest absolute Gasteiger partial charge is 0.383 e. The smallest absolute Gasteiger partial charge is 0.227 e. The zero-order chi connectivity index (χ0) is 8.20. The van der Waals surface area contributed by atoms with E-state index >= 15 is 0 Å². The maximum absolute atomic E-state index is 11.3. The second-order valence-corrected chi connectivity index (χ2v) is 4.89. The molecule has 3 nitrogen and oxygen atoms in total. The molecule has 0 saturated heterocycles. The molecule has 0 aliphatic heterocycles. The summed E-state index contributed by atoms with van der Waals surface area (Å²) in [7, 11) is -2.73. The molecule has 0 rings (SSSR count). The molecule has 0 heterocycles. The fourth-order valence-corrected chi connectivity index (χ4v) is 2.02. The van der Waals surface area contributed by atoms with Crippen molar-refractivity contribution in [3.63, 3.8) is 0 Å². The van der Waals surface area contributed by atoms with Gasteiger partial charge in [0.15, 0.2) is 0 Å². The van der Waals surface area contributed by atoms with E-state index in [1.54, 1.807) is 13.8 Å². The molecule has 10 heavy (non-hydrogen) atoms. The first kappa shape index (κ1) is 10.2. The lowest BCUT2D eigenvalue weighted by Crippen LogP contribution is -2.07. The second kappa shape index (κ2) is 4.12. The lowest BCUT2D eigenvalue weighted by atomic mass is 10.5. The first-order valence-corrected chi connectivity index (χ1v) is 5.58. The molecule has 1 N–H and O–H groups in total. The number of aliphatic hydroxyl groups excluding tert-OH is 1. The van der Waals surface area contributed by atoms with Crippen LogP contribution in [0.1, 0.15) is 20.3 Å². The lowest BCUT2D eigenvalue weighted by molar-refractivity contribution is 0.209. The molecule has 0 aromatic rings. The molecular formula is C6H15O3P. The molecule has 2 atom stereocenters. The topological polar surface area (TPSA) is 46.5 Å². The van der Waals surface area contributed by atoms with E-state index < -0.39 is 13.2 Å². The van der Waals surface area contributed by atoms with Crippen LogP contribution in [-0.4, -0.2) is 24.2 Å². The van der Waals surface area contributed by atoms with E-state index in [0.717, 1.165) is 0 Å². The van der Waals surface area contributed by atoms with Crippen molar-refractivity contribution in [1.82, 2.24) is 0 Å². The highest BCUT2D eigenvalue weighted by Crippen LogP contribution is 2.47. The highest BCUT2D eigenvalue weighted by molar-refractivity contribution is 7.58. The predicted molar refractivity (Wildman–Crippen MR) is 41.5 cm³/mol. The van der Waals surface area contributed by atoms with Gasteiger partial charge in [0.25, 0.3) is 0 Å². The van der Waals surface area contributed by atoms with E-state index in [9.17, 15) is 4.57 Å². The summed E-state index contributed by atoms with van der Waals surface area (Å²) in [5, 5.41) is 9.13. The Hall–Kier alpha value is 0.150. The fraction of sp³-hybridized carbons (Fsp3) is 1.00. The van der Waals surface area contributed by atoms with Gasteiger partial charge in [-0.25, -0.2) is 0 Å². The van der Waals surface area contributed by atoms with Crippen LogP contribution < -0.4 is 0 Å². The molecular weight excluding hydrogens is 151 g/mol. The number of rotatable bonds is 4. The van der Waals surface area contributed by atoms with Crippen LogP contribution in [0.3, 0.4) is 0 Å². The predicted octanol–water partition coefficient (Wildman–Crippen LogP) is 1.66. The zero-order valence-corrected chi connectivity index (χ0v) is 7.60. The van der Waals surface area contributed by atoms with Crippen molar-refractivity contribution in [2.45, 2.75) is 26.1 Å². The van der Waals surface area contributed by atoms with Crippen molar-refractivity contribution in [2.75, 3.05) is 13.3 Å². The van der Waals surface area contributed by atoms with Crippen molar-refractivity contribution >= 4 is 7.37 Å². The van der Waals surface area contributed by atoms with Crippen LogP contribution in [0.4, 0.5) is 0 Å². The standard InChI is InChI=1S/C6H15O3P/c1-4-6(7)10(3,8)9-5-2/h6-7H,4-5H2,1-3H3. The Morgan fingerprint density at radius 3 is 2.40 bits per heavy atom. The van der Waals surface area contributed by atoms with Crippen LogP contribution >= 0.6 is 7.37 Å². The van der Waals surface area contributed by atoms with Gasteiger partial charge in [-0.05, 0) is 13.3 Å². The maximum atomic E-state index is 11.3. The van der Waals surface area contributed by atoms with Crippen molar-refractivity contribution in [1.29, 1.82) is 0 Å². The zero-order valence-electron chi connectivity index (χ0n) is 6.70. The van der Waals surface area contributed by atoms with Gasteiger partial charge in [0.05, 0.1) is 6.61 Å². The van der Waals surface area contributed by atoms with E-state index in [4.69, 9.17) is 9.63 Å². The van der Waals surface area contributed by atoms with Crippen LogP contribution in [0.25, 0.3) is 0 Å². The molecule has 2 unspecified atom stereocenters. The summed E-state index contributed by atoms with van der Waals surface area (Å²) in [6, 6.07) is 0. The summed E-state index contributed by atoms with van der Waals surface area (Å²) in [5.41, 5.74) is 0. The molecule has 0 aliphatic carbocycles. The minimum Gasteiger partial charge on any atom is -0.383 e. The Labute approximate surface area is 61.8 Å². The number of hydrogen-bond acceptors (Lipinski definition) is 3. The Morgan fingerprint density at radius 1 is 1.60 bits per heavy atom. The Balaban J connectivity index is 3.97. The van der Waals surface area contributed by atoms with Gasteiger partial charge in [0.1, 0.15) is 5.85 Å². The highest BCUT2D eigenvalue weighted by atomic mass is 31.2. The van der Waals surface area contributed by atoms with Crippen molar-refractivity contribution in [3.05, 3.63) is 0 Å². The minimum absolute atomic E-state index is 0.394. The van der Waals surface area contributed by atoms with Crippen LogP contribution in [0.2, 0.25) is 0 Å². The summed E-state index contributed by atoms with van der Waals surface area (Å²) >= 11 is 0. The molecule has 0 bridgehead atoms.